The number of carbonyl (C=O) groups excluding carboxylic acids is 1. The fourth-order valence-corrected chi connectivity index (χ4v) is 3.11. The van der Waals surface area contributed by atoms with Gasteiger partial charge in [0.1, 0.15) is 23.3 Å². The Morgan fingerprint density at radius 1 is 1.48 bits per heavy atom. The smallest absolute Gasteiger partial charge is 0.268 e. The van der Waals surface area contributed by atoms with Crippen LogP contribution in [0.3, 0.4) is 0 Å². The van der Waals surface area contributed by atoms with Crippen LogP contribution in [0.25, 0.3) is 0 Å². The maximum absolute atomic E-state index is 13.8. The average Bonchev–Trinajstić information content (AvgIpc) is 3.06. The molecule has 130 valence electrons. The predicted octanol–water partition coefficient (Wildman–Crippen LogP) is 2.28. The van der Waals surface area contributed by atoms with Crippen molar-refractivity contribution >= 4 is 5.91 Å². The van der Waals surface area contributed by atoms with Gasteiger partial charge in [-0.2, -0.15) is 5.26 Å². The zero-order valence-electron chi connectivity index (χ0n) is 13.6. The molecule has 3 N–H and O–H groups in total. The number of nitrogens with zero attached hydrogens (tertiary/aromatic N) is 1. The Bertz CT molecular complexity index is 821. The van der Waals surface area contributed by atoms with Crippen molar-refractivity contribution in [1.82, 2.24) is 10.3 Å². The summed E-state index contributed by atoms with van der Waals surface area (Å²) in [6.07, 6.45) is 2.05. The molecule has 1 atom stereocenters. The van der Waals surface area contributed by atoms with Gasteiger partial charge in [0.05, 0.1) is 24.8 Å². The summed E-state index contributed by atoms with van der Waals surface area (Å²) in [6.45, 7) is 0. The lowest BCUT2D eigenvalue weighted by molar-refractivity contribution is 0.0230. The zero-order valence-corrected chi connectivity index (χ0v) is 13.6. The normalized spacial score (nSPS) is 20.2. The van der Waals surface area contributed by atoms with E-state index in [2.05, 4.69) is 10.3 Å². The van der Waals surface area contributed by atoms with Gasteiger partial charge in [-0.15, -0.1) is 0 Å². The van der Waals surface area contributed by atoms with Crippen molar-refractivity contribution in [3.8, 4) is 11.8 Å². The minimum atomic E-state index is -0.504. The SMILES string of the molecule is COc1ccc(F)cc1C(NC(=O)c1cc(C#N)c[nH]1)C1CC(O)C1. The van der Waals surface area contributed by atoms with Crippen LogP contribution in [0.15, 0.2) is 30.5 Å². The summed E-state index contributed by atoms with van der Waals surface area (Å²) >= 11 is 0. The van der Waals surface area contributed by atoms with Crippen LogP contribution in [0.5, 0.6) is 5.75 Å². The molecule has 3 rings (SSSR count). The van der Waals surface area contributed by atoms with Gasteiger partial charge in [0, 0.05) is 11.8 Å². The largest absolute Gasteiger partial charge is 0.496 e. The molecular formula is C18H18FN3O3. The van der Waals surface area contributed by atoms with Crippen LogP contribution in [-0.2, 0) is 0 Å². The quantitative estimate of drug-likeness (QED) is 0.776. The molecule has 1 unspecified atom stereocenters. The second-order valence-electron chi connectivity index (χ2n) is 6.14. The number of hydrogen-bond donors (Lipinski definition) is 3. The Hall–Kier alpha value is -2.85. The number of halogens is 1. The van der Waals surface area contributed by atoms with Crippen molar-refractivity contribution in [3.05, 3.63) is 53.1 Å². The third-order valence-corrected chi connectivity index (χ3v) is 4.49. The molecule has 1 aliphatic rings. The van der Waals surface area contributed by atoms with Crippen LogP contribution >= 0.6 is 0 Å². The number of aromatic amines is 1. The summed E-state index contributed by atoms with van der Waals surface area (Å²) < 4.78 is 19.1. The lowest BCUT2D eigenvalue weighted by Gasteiger charge is -2.38. The van der Waals surface area contributed by atoms with E-state index in [9.17, 15) is 14.3 Å². The van der Waals surface area contributed by atoms with Crippen LogP contribution in [0.1, 0.15) is 40.5 Å². The fraction of sp³-hybridized carbons (Fsp3) is 0.333. The van der Waals surface area contributed by atoms with E-state index in [1.54, 1.807) is 0 Å². The number of carbonyl (C=O) groups is 1. The lowest BCUT2D eigenvalue weighted by atomic mass is 9.74. The summed E-state index contributed by atoms with van der Waals surface area (Å²) in [4.78, 5) is 15.3. The number of aliphatic hydroxyl groups is 1. The van der Waals surface area contributed by atoms with Gasteiger partial charge >= 0.3 is 0 Å². The number of rotatable bonds is 5. The molecular weight excluding hydrogens is 325 g/mol. The molecule has 1 fully saturated rings. The molecule has 0 saturated heterocycles. The van der Waals surface area contributed by atoms with Crippen molar-refractivity contribution in [3.63, 3.8) is 0 Å². The number of aromatic nitrogens is 1. The van der Waals surface area contributed by atoms with Crippen molar-refractivity contribution < 1.29 is 19.0 Å². The molecule has 2 aromatic rings. The van der Waals surface area contributed by atoms with Crippen LogP contribution in [0, 0.1) is 23.1 Å². The first-order chi connectivity index (χ1) is 12.0. The fourth-order valence-electron chi connectivity index (χ4n) is 3.11. The van der Waals surface area contributed by atoms with Crippen LogP contribution in [0.2, 0.25) is 0 Å². The number of nitriles is 1. The summed E-state index contributed by atoms with van der Waals surface area (Å²) in [5, 5.41) is 21.4. The third kappa shape index (κ3) is 3.49. The highest BCUT2D eigenvalue weighted by Gasteiger charge is 2.37. The van der Waals surface area contributed by atoms with Gasteiger partial charge in [0.2, 0.25) is 0 Å². The standard InChI is InChI=1S/C18H18FN3O3/c1-25-16-3-2-12(19)7-14(16)17(11-5-13(23)6-11)22-18(24)15-4-10(8-20)9-21-15/h2-4,7,9,11,13,17,21,23H,5-6H2,1H3,(H,22,24). The highest BCUT2D eigenvalue weighted by Crippen LogP contribution is 2.41. The maximum atomic E-state index is 13.8. The van der Waals surface area contributed by atoms with E-state index < -0.39 is 23.9 Å². The first-order valence-corrected chi connectivity index (χ1v) is 7.92. The Labute approximate surface area is 144 Å². The molecule has 0 bridgehead atoms. The van der Waals surface area contributed by atoms with Crippen LogP contribution in [-0.4, -0.2) is 29.2 Å². The molecule has 0 radical (unpaired) electrons. The number of H-pyrrole nitrogens is 1. The van der Waals surface area contributed by atoms with Gasteiger partial charge in [-0.1, -0.05) is 0 Å². The van der Waals surface area contributed by atoms with Crippen molar-refractivity contribution in [2.75, 3.05) is 7.11 Å². The summed E-state index contributed by atoms with van der Waals surface area (Å²) in [5.41, 5.74) is 1.13. The molecule has 6 nitrogen and oxygen atoms in total. The van der Waals surface area contributed by atoms with E-state index in [1.807, 2.05) is 6.07 Å². The number of nitrogens with one attached hydrogen (secondary N) is 2. The number of methoxy groups -OCH3 is 1. The lowest BCUT2D eigenvalue weighted by Crippen LogP contribution is -2.41. The molecule has 0 aliphatic heterocycles. The van der Waals surface area contributed by atoms with E-state index in [0.29, 0.717) is 29.7 Å². The number of hydrogen-bond acceptors (Lipinski definition) is 4. The average molecular weight is 343 g/mol. The number of benzene rings is 1. The first kappa shape index (κ1) is 17.0. The maximum Gasteiger partial charge on any atom is 0.268 e. The Morgan fingerprint density at radius 2 is 2.24 bits per heavy atom. The molecule has 1 saturated carbocycles. The Balaban J connectivity index is 1.89. The van der Waals surface area contributed by atoms with Gasteiger partial charge in [-0.05, 0) is 43.0 Å². The van der Waals surface area contributed by atoms with Crippen molar-refractivity contribution in [2.24, 2.45) is 5.92 Å². The Morgan fingerprint density at radius 3 is 2.84 bits per heavy atom. The molecule has 1 aromatic carbocycles. The van der Waals surface area contributed by atoms with Crippen molar-refractivity contribution in [1.29, 1.82) is 5.26 Å². The van der Waals surface area contributed by atoms with Gasteiger partial charge in [-0.3, -0.25) is 4.79 Å². The van der Waals surface area contributed by atoms with Gasteiger partial charge in [-0.25, -0.2) is 4.39 Å². The summed E-state index contributed by atoms with van der Waals surface area (Å²) in [6, 6.07) is 7.04. The highest BCUT2D eigenvalue weighted by atomic mass is 19.1. The van der Waals surface area contributed by atoms with Crippen LogP contribution < -0.4 is 10.1 Å². The highest BCUT2D eigenvalue weighted by molar-refractivity contribution is 5.93. The van der Waals surface area contributed by atoms with Gasteiger partial charge < -0.3 is 20.1 Å². The molecule has 1 aromatic heterocycles. The number of aliphatic hydroxyl groups excluding tert-OH is 1. The van der Waals surface area contributed by atoms with E-state index in [4.69, 9.17) is 10.00 Å². The molecule has 1 aliphatic carbocycles. The van der Waals surface area contributed by atoms with Crippen LogP contribution in [0.4, 0.5) is 4.39 Å². The first-order valence-electron chi connectivity index (χ1n) is 7.92. The second-order valence-corrected chi connectivity index (χ2v) is 6.14. The summed E-state index contributed by atoms with van der Waals surface area (Å²) in [7, 11) is 1.48. The zero-order chi connectivity index (χ0) is 18.0. The van der Waals surface area contributed by atoms with E-state index in [-0.39, 0.29) is 11.6 Å². The molecule has 1 amide bonds. The summed E-state index contributed by atoms with van der Waals surface area (Å²) in [5.74, 6) is -0.391. The van der Waals surface area contributed by atoms with Gasteiger partial charge in [0.25, 0.3) is 5.91 Å². The molecule has 1 heterocycles. The molecule has 7 heteroatoms. The van der Waals surface area contributed by atoms with Gasteiger partial charge in [0.15, 0.2) is 0 Å². The third-order valence-electron chi connectivity index (χ3n) is 4.49. The minimum absolute atomic E-state index is 0.0277. The molecule has 0 spiro atoms. The Kier molecular flexibility index (Phi) is 4.72. The van der Waals surface area contributed by atoms with E-state index >= 15 is 0 Å². The predicted molar refractivity (Wildman–Crippen MR) is 87.4 cm³/mol. The van der Waals surface area contributed by atoms with E-state index in [0.717, 1.165) is 0 Å². The van der Waals surface area contributed by atoms with E-state index in [1.165, 1.54) is 37.6 Å². The second kappa shape index (κ2) is 6.95. The molecule has 25 heavy (non-hydrogen) atoms. The van der Waals surface area contributed by atoms with Crippen molar-refractivity contribution in [2.45, 2.75) is 25.0 Å². The topological polar surface area (TPSA) is 98.1 Å². The monoisotopic (exact) mass is 343 g/mol. The number of ether oxygens (including phenoxy) is 1. The number of amides is 1. The minimum Gasteiger partial charge on any atom is -0.496 e.